The summed E-state index contributed by atoms with van der Waals surface area (Å²) in [5.74, 6) is 0.219. The van der Waals surface area contributed by atoms with Crippen LogP contribution in [0.25, 0.3) is 11.5 Å². The van der Waals surface area contributed by atoms with Gasteiger partial charge in [0, 0.05) is 18.6 Å². The summed E-state index contributed by atoms with van der Waals surface area (Å²) in [4.78, 5) is 21.0. The molecule has 0 saturated carbocycles. The van der Waals surface area contributed by atoms with E-state index in [4.69, 9.17) is 4.74 Å². The third-order valence-electron chi connectivity index (χ3n) is 3.86. The fourth-order valence-electron chi connectivity index (χ4n) is 2.59. The molecule has 7 nitrogen and oxygen atoms in total. The Kier molecular flexibility index (Phi) is 3.74. The second-order valence-corrected chi connectivity index (χ2v) is 5.52. The number of ether oxygens (including phenoxy) is 1. The van der Waals surface area contributed by atoms with Gasteiger partial charge in [-0.15, -0.1) is 0 Å². The van der Waals surface area contributed by atoms with Crippen LogP contribution in [-0.4, -0.2) is 30.1 Å². The molecule has 0 fully saturated rings. The molecule has 0 aromatic carbocycles. The molecule has 4 heterocycles. The Bertz CT molecular complexity index is 1000. The molecule has 0 aliphatic carbocycles. The number of pyridine rings is 2. The van der Waals surface area contributed by atoms with Crippen molar-refractivity contribution in [3.05, 3.63) is 78.1 Å². The Labute approximate surface area is 143 Å². The molecule has 4 rings (SSSR count). The van der Waals surface area contributed by atoms with E-state index in [1.807, 2.05) is 60.1 Å². The van der Waals surface area contributed by atoms with Gasteiger partial charge in [-0.2, -0.15) is 5.10 Å². The maximum Gasteiger partial charge on any atom is 0.342 e. The summed E-state index contributed by atoms with van der Waals surface area (Å²) in [6.07, 6.45) is 6.91. The summed E-state index contributed by atoms with van der Waals surface area (Å²) in [6.45, 7) is 1.91. The summed E-state index contributed by atoms with van der Waals surface area (Å²) < 4.78 is 8.88. The van der Waals surface area contributed by atoms with Gasteiger partial charge in [-0.25, -0.2) is 19.4 Å². The zero-order valence-corrected chi connectivity index (χ0v) is 13.5. The van der Waals surface area contributed by atoms with Crippen molar-refractivity contribution >= 4 is 11.6 Å². The summed E-state index contributed by atoms with van der Waals surface area (Å²) >= 11 is 0. The molecular weight excluding hydrogens is 318 g/mol. The Balaban J connectivity index is 1.51. The van der Waals surface area contributed by atoms with Gasteiger partial charge in [0.15, 0.2) is 5.82 Å². The second kappa shape index (κ2) is 6.20. The molecule has 4 aromatic heterocycles. The highest BCUT2D eigenvalue weighted by molar-refractivity contribution is 5.90. The fraction of sp³-hybridized carbons (Fsp3) is 0.111. The van der Waals surface area contributed by atoms with Crippen LogP contribution in [0.3, 0.4) is 0 Å². The summed E-state index contributed by atoms with van der Waals surface area (Å²) in [5.41, 5.74) is 2.59. The number of hydrogen-bond donors (Lipinski definition) is 0. The smallest absolute Gasteiger partial charge is 0.342 e. The van der Waals surface area contributed by atoms with Crippen LogP contribution in [0, 0.1) is 6.92 Å². The molecule has 124 valence electrons. The molecule has 25 heavy (non-hydrogen) atoms. The Hall–Kier alpha value is -3.48. The van der Waals surface area contributed by atoms with E-state index in [2.05, 4.69) is 15.1 Å². The first-order valence-electron chi connectivity index (χ1n) is 7.78. The van der Waals surface area contributed by atoms with Gasteiger partial charge in [0.1, 0.15) is 17.8 Å². The summed E-state index contributed by atoms with van der Waals surface area (Å²) in [6, 6.07) is 11.2. The van der Waals surface area contributed by atoms with Gasteiger partial charge >= 0.3 is 5.97 Å². The molecule has 7 heteroatoms. The number of hydrogen-bond acceptors (Lipinski definition) is 5. The van der Waals surface area contributed by atoms with Gasteiger partial charge in [-0.1, -0.05) is 12.1 Å². The largest absolute Gasteiger partial charge is 0.455 e. The Morgan fingerprint density at radius 1 is 1.20 bits per heavy atom. The van der Waals surface area contributed by atoms with Crippen LogP contribution in [0.2, 0.25) is 0 Å². The van der Waals surface area contributed by atoms with Gasteiger partial charge in [-0.3, -0.25) is 0 Å². The lowest BCUT2D eigenvalue weighted by Gasteiger charge is -2.04. The van der Waals surface area contributed by atoms with E-state index >= 15 is 0 Å². The van der Waals surface area contributed by atoms with Gasteiger partial charge in [0.05, 0.1) is 17.6 Å². The molecule has 0 aliphatic rings. The minimum Gasteiger partial charge on any atom is -0.455 e. The quantitative estimate of drug-likeness (QED) is 0.537. The zero-order valence-electron chi connectivity index (χ0n) is 13.5. The number of aromatic nitrogens is 5. The summed E-state index contributed by atoms with van der Waals surface area (Å²) in [7, 11) is 0. The van der Waals surface area contributed by atoms with E-state index in [9.17, 15) is 4.79 Å². The molecule has 0 aliphatic heterocycles. The van der Waals surface area contributed by atoms with Crippen molar-refractivity contribution < 1.29 is 9.53 Å². The monoisotopic (exact) mass is 333 g/mol. The number of carbonyl (C=O) groups excluding carboxylic acids is 1. The zero-order chi connectivity index (χ0) is 17.2. The third-order valence-corrected chi connectivity index (χ3v) is 3.86. The predicted octanol–water partition coefficient (Wildman–Crippen LogP) is 2.58. The minimum atomic E-state index is -0.434. The SMILES string of the molecule is Cc1c(C(=O)OCc2cn3ccccc3n2)cnn1-c1ccccn1. The van der Waals surface area contributed by atoms with Gasteiger partial charge < -0.3 is 9.14 Å². The lowest BCUT2D eigenvalue weighted by molar-refractivity contribution is 0.0467. The molecule has 0 N–H and O–H groups in total. The molecule has 0 atom stereocenters. The maximum atomic E-state index is 12.4. The maximum absolute atomic E-state index is 12.4. The van der Waals surface area contributed by atoms with Crippen LogP contribution in [0.5, 0.6) is 0 Å². The van der Waals surface area contributed by atoms with Crippen LogP contribution in [0.4, 0.5) is 0 Å². The van der Waals surface area contributed by atoms with Gasteiger partial charge in [-0.05, 0) is 31.2 Å². The average molecular weight is 333 g/mol. The van der Waals surface area contributed by atoms with Crippen molar-refractivity contribution in [3.8, 4) is 5.82 Å². The fourth-order valence-corrected chi connectivity index (χ4v) is 2.59. The molecular formula is C18H15N5O2. The van der Waals surface area contributed by atoms with Crippen molar-refractivity contribution in [2.75, 3.05) is 0 Å². The first-order valence-corrected chi connectivity index (χ1v) is 7.78. The summed E-state index contributed by atoms with van der Waals surface area (Å²) in [5, 5.41) is 4.23. The van der Waals surface area contributed by atoms with Crippen LogP contribution in [-0.2, 0) is 11.3 Å². The van der Waals surface area contributed by atoms with Crippen LogP contribution >= 0.6 is 0 Å². The van der Waals surface area contributed by atoms with E-state index in [0.717, 1.165) is 5.65 Å². The number of esters is 1. The van der Waals surface area contributed by atoms with Crippen LogP contribution < -0.4 is 0 Å². The van der Waals surface area contributed by atoms with E-state index in [1.165, 1.54) is 6.20 Å². The normalized spacial score (nSPS) is 10.9. The molecule has 0 saturated heterocycles. The standard InChI is InChI=1S/C18H15N5O2/c1-13-15(10-20-23(13)16-6-2-4-8-19-16)18(24)25-12-14-11-22-9-5-3-7-17(22)21-14/h2-11H,12H2,1H3. The highest BCUT2D eigenvalue weighted by Crippen LogP contribution is 2.14. The average Bonchev–Trinajstić information content (AvgIpc) is 3.23. The highest BCUT2D eigenvalue weighted by Gasteiger charge is 2.17. The first kappa shape index (κ1) is 15.1. The van der Waals surface area contributed by atoms with Crippen LogP contribution in [0.15, 0.2) is 61.2 Å². The van der Waals surface area contributed by atoms with Gasteiger partial charge in [0.25, 0.3) is 0 Å². The minimum absolute atomic E-state index is 0.106. The second-order valence-electron chi connectivity index (χ2n) is 5.52. The Morgan fingerprint density at radius 2 is 2.08 bits per heavy atom. The Morgan fingerprint density at radius 3 is 2.88 bits per heavy atom. The first-order chi connectivity index (χ1) is 12.2. The number of nitrogens with zero attached hydrogens (tertiary/aromatic N) is 5. The number of fused-ring (bicyclic) bond motifs is 1. The molecule has 0 radical (unpaired) electrons. The molecule has 4 aromatic rings. The van der Waals surface area contributed by atoms with E-state index < -0.39 is 5.97 Å². The van der Waals surface area contributed by atoms with Crippen molar-refractivity contribution in [1.82, 2.24) is 24.1 Å². The molecule has 0 bridgehead atoms. The van der Waals surface area contributed by atoms with E-state index in [1.54, 1.807) is 10.9 Å². The van der Waals surface area contributed by atoms with Crippen LogP contribution in [0.1, 0.15) is 21.7 Å². The number of carbonyl (C=O) groups is 1. The van der Waals surface area contributed by atoms with Crippen molar-refractivity contribution in [1.29, 1.82) is 0 Å². The van der Waals surface area contributed by atoms with Gasteiger partial charge in [0.2, 0.25) is 0 Å². The lowest BCUT2D eigenvalue weighted by Crippen LogP contribution is -2.08. The van der Waals surface area contributed by atoms with E-state index in [0.29, 0.717) is 22.8 Å². The predicted molar refractivity (Wildman–Crippen MR) is 90.4 cm³/mol. The number of rotatable bonds is 4. The molecule has 0 spiro atoms. The lowest BCUT2D eigenvalue weighted by atomic mass is 10.2. The molecule has 0 amide bonds. The van der Waals surface area contributed by atoms with Crippen molar-refractivity contribution in [2.45, 2.75) is 13.5 Å². The topological polar surface area (TPSA) is 74.3 Å². The molecule has 0 unspecified atom stereocenters. The highest BCUT2D eigenvalue weighted by atomic mass is 16.5. The van der Waals surface area contributed by atoms with E-state index in [-0.39, 0.29) is 6.61 Å². The van der Waals surface area contributed by atoms with Crippen molar-refractivity contribution in [2.24, 2.45) is 0 Å². The van der Waals surface area contributed by atoms with Crippen molar-refractivity contribution in [3.63, 3.8) is 0 Å². The number of imidazole rings is 1. The third kappa shape index (κ3) is 2.87.